The van der Waals surface area contributed by atoms with Gasteiger partial charge in [-0.1, -0.05) is 0 Å². The van der Waals surface area contributed by atoms with E-state index in [9.17, 15) is 9.59 Å². The number of isocyanates is 2. The summed E-state index contributed by atoms with van der Waals surface area (Å²) in [5, 5.41) is 0. The quantitative estimate of drug-likeness (QED) is 0.562. The van der Waals surface area contributed by atoms with Crippen molar-refractivity contribution in [3.05, 3.63) is 0 Å². The van der Waals surface area contributed by atoms with Gasteiger partial charge in [-0.3, -0.25) is 0 Å². The fourth-order valence-corrected chi connectivity index (χ4v) is 5.15. The van der Waals surface area contributed by atoms with Crippen LogP contribution in [0.1, 0.15) is 25.7 Å². The van der Waals surface area contributed by atoms with E-state index in [1.807, 2.05) is 0 Å². The number of hydrogen-bond donors (Lipinski definition) is 0. The van der Waals surface area contributed by atoms with Gasteiger partial charge in [0.15, 0.2) is 0 Å². The average Bonchev–Trinajstić information content (AvgIpc) is 3.05. The number of rotatable bonds is 4. The van der Waals surface area contributed by atoms with Gasteiger partial charge in [0, 0.05) is 0 Å². The highest BCUT2D eigenvalue weighted by Gasteiger charge is 2.56. The molecule has 3 aliphatic rings. The van der Waals surface area contributed by atoms with Crippen molar-refractivity contribution in [2.75, 3.05) is 13.1 Å². The summed E-state index contributed by atoms with van der Waals surface area (Å²) in [6, 6.07) is 0. The standard InChI is InChI=1S/C14H18N2O2/c17-7-15-5-9-1-2-12-13-4-10(14(9)12)3-11(13)6-16-8-18/h9-14H,1-6H2. The van der Waals surface area contributed by atoms with Crippen molar-refractivity contribution in [1.29, 1.82) is 0 Å². The van der Waals surface area contributed by atoms with Crippen molar-refractivity contribution >= 4 is 12.2 Å². The van der Waals surface area contributed by atoms with Gasteiger partial charge in [0.1, 0.15) is 0 Å². The molecule has 4 heteroatoms. The molecule has 6 atom stereocenters. The first-order valence-corrected chi connectivity index (χ1v) is 6.92. The molecule has 0 amide bonds. The lowest BCUT2D eigenvalue weighted by atomic mass is 9.73. The number of aliphatic imine (C=N–C) groups is 2. The molecule has 0 N–H and O–H groups in total. The summed E-state index contributed by atoms with van der Waals surface area (Å²) in [4.78, 5) is 28.0. The molecule has 0 spiro atoms. The van der Waals surface area contributed by atoms with Gasteiger partial charge in [-0.15, -0.1) is 0 Å². The predicted octanol–water partition coefficient (Wildman–Crippen LogP) is 1.96. The van der Waals surface area contributed by atoms with Crippen LogP contribution in [0.3, 0.4) is 0 Å². The summed E-state index contributed by atoms with van der Waals surface area (Å²) >= 11 is 0. The first-order valence-electron chi connectivity index (χ1n) is 6.92. The maximum Gasteiger partial charge on any atom is 0.234 e. The second-order valence-electron chi connectivity index (χ2n) is 6.10. The van der Waals surface area contributed by atoms with Crippen LogP contribution >= 0.6 is 0 Å². The van der Waals surface area contributed by atoms with Gasteiger partial charge in [-0.25, -0.2) is 19.6 Å². The van der Waals surface area contributed by atoms with Crippen LogP contribution in [0, 0.1) is 35.5 Å². The van der Waals surface area contributed by atoms with Gasteiger partial charge >= 0.3 is 0 Å². The van der Waals surface area contributed by atoms with Crippen molar-refractivity contribution < 1.29 is 9.59 Å². The van der Waals surface area contributed by atoms with Crippen molar-refractivity contribution in [1.82, 2.24) is 0 Å². The third-order valence-electron chi connectivity index (χ3n) is 5.57. The molecule has 0 aromatic heterocycles. The summed E-state index contributed by atoms with van der Waals surface area (Å²) in [5.41, 5.74) is 0. The molecular formula is C14H18N2O2. The number of fused-ring (bicyclic) bond motifs is 5. The third-order valence-corrected chi connectivity index (χ3v) is 5.57. The van der Waals surface area contributed by atoms with E-state index in [1.54, 1.807) is 12.2 Å². The topological polar surface area (TPSA) is 58.9 Å². The SMILES string of the molecule is O=C=NCC1CC2CC1C1CCC(CN=C=O)C21. The summed E-state index contributed by atoms with van der Waals surface area (Å²) < 4.78 is 0. The fourth-order valence-electron chi connectivity index (χ4n) is 5.15. The lowest BCUT2D eigenvalue weighted by Gasteiger charge is -2.32. The molecule has 0 aromatic carbocycles. The zero-order valence-electron chi connectivity index (χ0n) is 10.4. The maximum atomic E-state index is 10.2. The van der Waals surface area contributed by atoms with Gasteiger partial charge in [-0.05, 0) is 61.2 Å². The first-order chi connectivity index (χ1) is 8.85. The van der Waals surface area contributed by atoms with Crippen LogP contribution in [0.2, 0.25) is 0 Å². The summed E-state index contributed by atoms with van der Waals surface area (Å²) in [7, 11) is 0. The van der Waals surface area contributed by atoms with Gasteiger partial charge < -0.3 is 0 Å². The molecule has 4 nitrogen and oxygen atoms in total. The number of hydrogen-bond acceptors (Lipinski definition) is 4. The largest absolute Gasteiger partial charge is 0.234 e. The molecule has 6 unspecified atom stereocenters. The zero-order chi connectivity index (χ0) is 12.5. The van der Waals surface area contributed by atoms with E-state index in [1.165, 1.54) is 25.7 Å². The molecule has 96 valence electrons. The Hall–Kier alpha value is -1.24. The van der Waals surface area contributed by atoms with Crippen molar-refractivity contribution in [2.45, 2.75) is 25.7 Å². The highest BCUT2D eigenvalue weighted by Crippen LogP contribution is 2.62. The second kappa shape index (κ2) is 4.79. The second-order valence-corrected chi connectivity index (χ2v) is 6.10. The van der Waals surface area contributed by atoms with E-state index in [0.717, 1.165) is 23.7 Å². The lowest BCUT2D eigenvalue weighted by Crippen LogP contribution is -2.29. The molecule has 3 saturated carbocycles. The van der Waals surface area contributed by atoms with E-state index in [-0.39, 0.29) is 0 Å². The first kappa shape index (κ1) is 11.8. The number of carbonyl (C=O) groups excluding carboxylic acids is 2. The predicted molar refractivity (Wildman–Crippen MR) is 65.4 cm³/mol. The van der Waals surface area contributed by atoms with Gasteiger partial charge in [0.25, 0.3) is 0 Å². The molecular weight excluding hydrogens is 228 g/mol. The Bertz CT molecular complexity index is 424. The molecule has 3 fully saturated rings. The Morgan fingerprint density at radius 2 is 1.61 bits per heavy atom. The minimum Gasteiger partial charge on any atom is -0.211 e. The number of nitrogens with zero attached hydrogens (tertiary/aromatic N) is 2. The van der Waals surface area contributed by atoms with Crippen LogP contribution in [0.5, 0.6) is 0 Å². The maximum absolute atomic E-state index is 10.2. The summed E-state index contributed by atoms with van der Waals surface area (Å²) in [6.07, 6.45) is 8.32. The van der Waals surface area contributed by atoms with Gasteiger partial charge in [0.2, 0.25) is 12.2 Å². The molecule has 3 aliphatic carbocycles. The molecule has 0 heterocycles. The van der Waals surface area contributed by atoms with E-state index < -0.39 is 0 Å². The van der Waals surface area contributed by atoms with E-state index in [4.69, 9.17) is 0 Å². The Labute approximate surface area is 107 Å². The molecule has 18 heavy (non-hydrogen) atoms. The molecule has 0 aliphatic heterocycles. The summed E-state index contributed by atoms with van der Waals surface area (Å²) in [6.45, 7) is 1.34. The molecule has 0 aromatic rings. The van der Waals surface area contributed by atoms with Crippen LogP contribution < -0.4 is 0 Å². The van der Waals surface area contributed by atoms with Crippen molar-refractivity contribution in [3.8, 4) is 0 Å². The normalized spacial score (nSPS) is 44.2. The van der Waals surface area contributed by atoms with Crippen molar-refractivity contribution in [2.24, 2.45) is 45.5 Å². The third kappa shape index (κ3) is 1.77. The van der Waals surface area contributed by atoms with Crippen LogP contribution in [-0.2, 0) is 9.59 Å². The van der Waals surface area contributed by atoms with Crippen LogP contribution in [-0.4, -0.2) is 25.2 Å². The zero-order valence-corrected chi connectivity index (χ0v) is 10.4. The highest BCUT2D eigenvalue weighted by molar-refractivity contribution is 5.33. The monoisotopic (exact) mass is 246 g/mol. The minimum atomic E-state index is 0.599. The molecule has 3 rings (SSSR count). The minimum absolute atomic E-state index is 0.599. The Morgan fingerprint density at radius 3 is 2.33 bits per heavy atom. The molecule has 2 bridgehead atoms. The van der Waals surface area contributed by atoms with E-state index in [2.05, 4.69) is 9.98 Å². The highest BCUT2D eigenvalue weighted by atomic mass is 16.1. The Balaban J connectivity index is 1.69. The van der Waals surface area contributed by atoms with Crippen molar-refractivity contribution in [3.63, 3.8) is 0 Å². The Morgan fingerprint density at radius 1 is 0.889 bits per heavy atom. The van der Waals surface area contributed by atoms with E-state index in [0.29, 0.717) is 24.9 Å². The Kier molecular flexibility index (Phi) is 3.15. The lowest BCUT2D eigenvalue weighted by molar-refractivity contribution is 0.166. The molecule has 0 radical (unpaired) electrons. The fraction of sp³-hybridized carbons (Fsp3) is 0.857. The van der Waals surface area contributed by atoms with Crippen LogP contribution in [0.4, 0.5) is 0 Å². The average molecular weight is 246 g/mol. The van der Waals surface area contributed by atoms with Gasteiger partial charge in [0.05, 0.1) is 13.1 Å². The van der Waals surface area contributed by atoms with E-state index >= 15 is 0 Å². The van der Waals surface area contributed by atoms with Crippen LogP contribution in [0.25, 0.3) is 0 Å². The summed E-state index contributed by atoms with van der Waals surface area (Å²) in [5.74, 6) is 4.29. The smallest absolute Gasteiger partial charge is 0.211 e. The van der Waals surface area contributed by atoms with Crippen LogP contribution in [0.15, 0.2) is 9.98 Å². The molecule has 0 saturated heterocycles. The van der Waals surface area contributed by atoms with Gasteiger partial charge in [-0.2, -0.15) is 0 Å².